The number of nitrogens with two attached hydrogens (primary N) is 1. The van der Waals surface area contributed by atoms with Crippen LogP contribution in [0, 0.1) is 11.8 Å². The highest BCUT2D eigenvalue weighted by molar-refractivity contribution is 4.83. The summed E-state index contributed by atoms with van der Waals surface area (Å²) in [6.07, 6.45) is 3.97. The molecule has 0 aliphatic heterocycles. The van der Waals surface area contributed by atoms with Gasteiger partial charge in [-0.15, -0.1) is 0 Å². The maximum absolute atomic E-state index is 5.47. The Balaban J connectivity index is 2.41. The van der Waals surface area contributed by atoms with Crippen LogP contribution >= 0.6 is 0 Å². The molecule has 12 heavy (non-hydrogen) atoms. The highest BCUT2D eigenvalue weighted by Gasteiger charge is 2.29. The summed E-state index contributed by atoms with van der Waals surface area (Å²) in [6, 6.07) is 0.340. The van der Waals surface area contributed by atoms with E-state index in [-0.39, 0.29) is 0 Å². The van der Waals surface area contributed by atoms with E-state index in [1.54, 1.807) is 7.11 Å². The van der Waals surface area contributed by atoms with Crippen molar-refractivity contribution < 1.29 is 4.74 Å². The van der Waals surface area contributed by atoms with Gasteiger partial charge in [0.25, 0.3) is 0 Å². The van der Waals surface area contributed by atoms with Gasteiger partial charge in [0, 0.05) is 13.2 Å². The van der Waals surface area contributed by atoms with Gasteiger partial charge < -0.3 is 4.74 Å². The molecule has 0 bridgehead atoms. The first-order chi connectivity index (χ1) is 5.79. The van der Waals surface area contributed by atoms with Crippen molar-refractivity contribution in [3.8, 4) is 0 Å². The molecule has 1 aliphatic carbocycles. The Bertz CT molecular complexity index is 130. The summed E-state index contributed by atoms with van der Waals surface area (Å²) < 4.78 is 5.11. The molecular formula is C9H20N2O. The van der Waals surface area contributed by atoms with E-state index in [2.05, 4.69) is 12.3 Å². The summed E-state index contributed by atoms with van der Waals surface area (Å²) in [4.78, 5) is 0. The molecule has 1 aliphatic rings. The molecule has 0 spiro atoms. The normalized spacial score (nSPS) is 32.2. The average Bonchev–Trinajstić information content (AvgIpc) is 2.47. The fourth-order valence-electron chi connectivity index (χ4n) is 2.25. The maximum Gasteiger partial charge on any atom is 0.0632 e. The van der Waals surface area contributed by atoms with Crippen LogP contribution < -0.4 is 11.3 Å². The molecule has 3 N–H and O–H groups in total. The Morgan fingerprint density at radius 1 is 1.58 bits per heavy atom. The van der Waals surface area contributed by atoms with Gasteiger partial charge in [-0.2, -0.15) is 0 Å². The summed E-state index contributed by atoms with van der Waals surface area (Å²) in [5.41, 5.74) is 2.85. The SMILES string of the molecule is COCC(NN)C1CCCC1C. The number of hydrogen-bond acceptors (Lipinski definition) is 3. The average molecular weight is 172 g/mol. The van der Waals surface area contributed by atoms with Gasteiger partial charge in [0.1, 0.15) is 0 Å². The molecule has 0 aromatic heterocycles. The minimum atomic E-state index is 0.340. The summed E-state index contributed by atoms with van der Waals surface area (Å²) in [5, 5.41) is 0. The third kappa shape index (κ3) is 2.19. The summed E-state index contributed by atoms with van der Waals surface area (Å²) in [5.74, 6) is 6.97. The van der Waals surface area contributed by atoms with E-state index in [1.807, 2.05) is 0 Å². The molecule has 0 amide bonds. The van der Waals surface area contributed by atoms with Crippen molar-refractivity contribution in [2.45, 2.75) is 32.2 Å². The molecule has 72 valence electrons. The molecule has 0 heterocycles. The molecule has 0 saturated heterocycles. The summed E-state index contributed by atoms with van der Waals surface area (Å²) in [7, 11) is 1.73. The smallest absolute Gasteiger partial charge is 0.0632 e. The van der Waals surface area contributed by atoms with Gasteiger partial charge in [-0.05, 0) is 18.3 Å². The van der Waals surface area contributed by atoms with E-state index in [0.29, 0.717) is 12.0 Å². The van der Waals surface area contributed by atoms with Gasteiger partial charge in [0.05, 0.1) is 6.61 Å². The van der Waals surface area contributed by atoms with Crippen LogP contribution in [0.4, 0.5) is 0 Å². The van der Waals surface area contributed by atoms with Crippen LogP contribution in [0.15, 0.2) is 0 Å². The minimum absolute atomic E-state index is 0.340. The van der Waals surface area contributed by atoms with E-state index in [4.69, 9.17) is 10.6 Å². The minimum Gasteiger partial charge on any atom is -0.383 e. The van der Waals surface area contributed by atoms with Crippen LogP contribution in [0.3, 0.4) is 0 Å². The second kappa shape index (κ2) is 4.80. The van der Waals surface area contributed by atoms with Gasteiger partial charge in [-0.25, -0.2) is 0 Å². The third-order valence-corrected chi connectivity index (χ3v) is 3.00. The lowest BCUT2D eigenvalue weighted by molar-refractivity contribution is 0.129. The van der Waals surface area contributed by atoms with E-state index >= 15 is 0 Å². The van der Waals surface area contributed by atoms with Crippen LogP contribution in [-0.2, 0) is 4.74 Å². The lowest BCUT2D eigenvalue weighted by Crippen LogP contribution is -2.44. The van der Waals surface area contributed by atoms with Gasteiger partial charge in [-0.3, -0.25) is 11.3 Å². The Labute approximate surface area is 74.6 Å². The predicted octanol–water partition coefficient (Wildman–Crippen LogP) is 0.901. The number of hydrazine groups is 1. The van der Waals surface area contributed by atoms with Crippen LogP contribution in [0.2, 0.25) is 0 Å². The first-order valence-corrected chi connectivity index (χ1v) is 4.74. The largest absolute Gasteiger partial charge is 0.383 e. The lowest BCUT2D eigenvalue weighted by Gasteiger charge is -2.25. The summed E-state index contributed by atoms with van der Waals surface area (Å²) in [6.45, 7) is 3.03. The van der Waals surface area contributed by atoms with Crippen molar-refractivity contribution in [2.24, 2.45) is 17.7 Å². The molecule has 3 atom stereocenters. The molecule has 1 rings (SSSR count). The molecule has 3 heteroatoms. The lowest BCUT2D eigenvalue weighted by atomic mass is 9.91. The molecule has 3 unspecified atom stereocenters. The Hall–Kier alpha value is -0.120. The monoisotopic (exact) mass is 172 g/mol. The van der Waals surface area contributed by atoms with Crippen molar-refractivity contribution in [3.05, 3.63) is 0 Å². The highest BCUT2D eigenvalue weighted by Crippen LogP contribution is 2.33. The number of nitrogens with one attached hydrogen (secondary N) is 1. The quantitative estimate of drug-likeness (QED) is 0.489. The van der Waals surface area contributed by atoms with E-state index in [1.165, 1.54) is 19.3 Å². The summed E-state index contributed by atoms with van der Waals surface area (Å²) >= 11 is 0. The van der Waals surface area contributed by atoms with Crippen molar-refractivity contribution >= 4 is 0 Å². The molecular weight excluding hydrogens is 152 g/mol. The molecule has 3 nitrogen and oxygen atoms in total. The molecule has 1 saturated carbocycles. The van der Waals surface area contributed by atoms with Gasteiger partial charge >= 0.3 is 0 Å². The molecule has 0 aromatic carbocycles. The highest BCUT2D eigenvalue weighted by atomic mass is 16.5. The van der Waals surface area contributed by atoms with Gasteiger partial charge in [0.15, 0.2) is 0 Å². The molecule has 0 aromatic rings. The fraction of sp³-hybridized carbons (Fsp3) is 1.00. The van der Waals surface area contributed by atoms with Crippen LogP contribution in [0.5, 0.6) is 0 Å². The predicted molar refractivity (Wildman–Crippen MR) is 49.5 cm³/mol. The Morgan fingerprint density at radius 3 is 2.75 bits per heavy atom. The standard InChI is InChI=1S/C9H20N2O/c1-7-4-3-5-8(7)9(11-10)6-12-2/h7-9,11H,3-6,10H2,1-2H3. The van der Waals surface area contributed by atoms with Crippen molar-refractivity contribution in [1.82, 2.24) is 5.43 Å². The van der Waals surface area contributed by atoms with Crippen LogP contribution in [-0.4, -0.2) is 19.8 Å². The third-order valence-electron chi connectivity index (χ3n) is 3.00. The van der Waals surface area contributed by atoms with E-state index in [0.717, 1.165) is 12.5 Å². The molecule has 0 radical (unpaired) electrons. The van der Waals surface area contributed by atoms with Crippen molar-refractivity contribution in [3.63, 3.8) is 0 Å². The van der Waals surface area contributed by atoms with Crippen LogP contribution in [0.25, 0.3) is 0 Å². The Kier molecular flexibility index (Phi) is 3.98. The van der Waals surface area contributed by atoms with Gasteiger partial charge in [-0.1, -0.05) is 19.8 Å². The second-order valence-corrected chi connectivity index (χ2v) is 3.80. The zero-order chi connectivity index (χ0) is 8.97. The zero-order valence-electron chi connectivity index (χ0n) is 8.05. The number of rotatable bonds is 4. The second-order valence-electron chi connectivity index (χ2n) is 3.80. The number of ether oxygens (including phenoxy) is 1. The number of hydrogen-bond donors (Lipinski definition) is 2. The number of methoxy groups -OCH3 is 1. The van der Waals surface area contributed by atoms with Gasteiger partial charge in [0.2, 0.25) is 0 Å². The first-order valence-electron chi connectivity index (χ1n) is 4.74. The molecule has 1 fully saturated rings. The van der Waals surface area contributed by atoms with E-state index < -0.39 is 0 Å². The maximum atomic E-state index is 5.47. The van der Waals surface area contributed by atoms with Crippen molar-refractivity contribution in [2.75, 3.05) is 13.7 Å². The Morgan fingerprint density at radius 2 is 2.33 bits per heavy atom. The topological polar surface area (TPSA) is 47.3 Å². The van der Waals surface area contributed by atoms with E-state index in [9.17, 15) is 0 Å². The first kappa shape index (κ1) is 9.96. The fourth-order valence-corrected chi connectivity index (χ4v) is 2.25. The van der Waals surface area contributed by atoms with Crippen molar-refractivity contribution in [1.29, 1.82) is 0 Å². The van der Waals surface area contributed by atoms with Crippen LogP contribution in [0.1, 0.15) is 26.2 Å². The zero-order valence-corrected chi connectivity index (χ0v) is 8.05.